The van der Waals surface area contributed by atoms with E-state index in [0.29, 0.717) is 25.3 Å². The molecule has 4 rings (SSSR count). The predicted octanol–water partition coefficient (Wildman–Crippen LogP) is 2.57. The first-order valence-electron chi connectivity index (χ1n) is 9.40. The van der Waals surface area contributed by atoms with E-state index in [1.807, 2.05) is 18.2 Å². The van der Waals surface area contributed by atoms with Crippen LogP contribution in [-0.4, -0.2) is 49.4 Å². The summed E-state index contributed by atoms with van der Waals surface area (Å²) in [5.41, 5.74) is 1.13. The fourth-order valence-electron chi connectivity index (χ4n) is 3.64. The number of benzene rings is 1. The van der Waals surface area contributed by atoms with Crippen LogP contribution in [0.25, 0.3) is 0 Å². The molecule has 0 radical (unpaired) electrons. The van der Waals surface area contributed by atoms with Gasteiger partial charge in [0.25, 0.3) is 0 Å². The lowest BCUT2D eigenvalue weighted by Gasteiger charge is -2.20. The van der Waals surface area contributed by atoms with E-state index in [0.717, 1.165) is 42.2 Å². The van der Waals surface area contributed by atoms with Gasteiger partial charge in [0, 0.05) is 31.7 Å². The van der Waals surface area contributed by atoms with Crippen molar-refractivity contribution in [3.8, 4) is 11.5 Å². The Kier molecular flexibility index (Phi) is 6.50. The molecule has 7 heteroatoms. The number of hydrogen-bond acceptors (Lipinski definition) is 4. The number of rotatable bonds is 5. The summed E-state index contributed by atoms with van der Waals surface area (Å²) in [6.07, 6.45) is 2.75. The van der Waals surface area contributed by atoms with Gasteiger partial charge in [0.1, 0.15) is 0 Å². The maximum atomic E-state index is 5.45. The largest absolute Gasteiger partial charge is 0.454 e. The predicted molar refractivity (Wildman–Crippen MR) is 113 cm³/mol. The van der Waals surface area contributed by atoms with Crippen molar-refractivity contribution in [2.75, 3.05) is 26.4 Å². The highest BCUT2D eigenvalue weighted by atomic mass is 127. The van der Waals surface area contributed by atoms with Crippen LogP contribution in [0.3, 0.4) is 0 Å². The molecule has 2 aliphatic heterocycles. The molecule has 1 aliphatic carbocycles. The monoisotopic (exact) mass is 472 g/mol. The number of halogens is 1. The number of aliphatic imine (C=N–C) groups is 1. The minimum absolute atomic E-state index is 0. The summed E-state index contributed by atoms with van der Waals surface area (Å²) in [6.45, 7) is 8.56. The molecule has 2 heterocycles. The Morgan fingerprint density at radius 3 is 2.81 bits per heavy atom. The van der Waals surface area contributed by atoms with Gasteiger partial charge in [-0.05, 0) is 43.4 Å². The molecule has 26 heavy (non-hydrogen) atoms. The van der Waals surface area contributed by atoms with Crippen LogP contribution < -0.4 is 20.1 Å². The highest BCUT2D eigenvalue weighted by Crippen LogP contribution is 2.33. The van der Waals surface area contributed by atoms with Gasteiger partial charge >= 0.3 is 0 Å². The maximum Gasteiger partial charge on any atom is 0.231 e. The number of nitrogens with one attached hydrogen (secondary N) is 2. The molecule has 2 atom stereocenters. The molecular formula is C19H29IN4O2. The third kappa shape index (κ3) is 4.54. The molecule has 0 bridgehead atoms. The van der Waals surface area contributed by atoms with Gasteiger partial charge in [0.05, 0.1) is 6.54 Å². The number of fused-ring (bicyclic) bond motifs is 1. The van der Waals surface area contributed by atoms with Crippen molar-refractivity contribution in [2.24, 2.45) is 10.9 Å². The lowest BCUT2D eigenvalue weighted by Crippen LogP contribution is -2.46. The smallest absolute Gasteiger partial charge is 0.231 e. The molecule has 1 saturated carbocycles. The lowest BCUT2D eigenvalue weighted by atomic mass is 10.1. The summed E-state index contributed by atoms with van der Waals surface area (Å²) < 4.78 is 10.8. The van der Waals surface area contributed by atoms with Gasteiger partial charge in [-0.1, -0.05) is 13.0 Å². The van der Waals surface area contributed by atoms with E-state index in [2.05, 4.69) is 29.4 Å². The fourth-order valence-corrected chi connectivity index (χ4v) is 3.64. The highest BCUT2D eigenvalue weighted by Gasteiger charge is 2.38. The SMILES string of the molecule is CCNC(=NCc1ccc2c(c1)OCO2)NC1CN(C2CC2)CC1C.I. The van der Waals surface area contributed by atoms with Crippen molar-refractivity contribution in [3.05, 3.63) is 23.8 Å². The van der Waals surface area contributed by atoms with E-state index >= 15 is 0 Å². The van der Waals surface area contributed by atoms with Gasteiger partial charge < -0.3 is 20.1 Å². The summed E-state index contributed by atoms with van der Waals surface area (Å²) in [4.78, 5) is 7.40. The normalized spacial score (nSPS) is 25.1. The summed E-state index contributed by atoms with van der Waals surface area (Å²) in [7, 11) is 0. The second kappa shape index (κ2) is 8.65. The Morgan fingerprint density at radius 2 is 2.04 bits per heavy atom. The molecule has 2 N–H and O–H groups in total. The summed E-state index contributed by atoms with van der Waals surface area (Å²) in [5, 5.41) is 7.02. The zero-order chi connectivity index (χ0) is 17.2. The van der Waals surface area contributed by atoms with E-state index in [1.165, 1.54) is 19.4 Å². The summed E-state index contributed by atoms with van der Waals surface area (Å²) in [6, 6.07) is 7.33. The number of ether oxygens (including phenoxy) is 2. The van der Waals surface area contributed by atoms with Crippen LogP contribution >= 0.6 is 24.0 Å². The van der Waals surface area contributed by atoms with Crippen molar-refractivity contribution >= 4 is 29.9 Å². The molecule has 2 fully saturated rings. The van der Waals surface area contributed by atoms with Crippen LogP contribution in [0.5, 0.6) is 11.5 Å². The standard InChI is InChI=1S/C19H28N4O2.HI/c1-3-20-19(22-16-11-23(10-13(16)2)15-5-6-15)21-9-14-4-7-17-18(8-14)25-12-24-17;/h4,7-8,13,15-16H,3,5-6,9-12H2,1-2H3,(H2,20,21,22);1H. The number of hydrogen-bond donors (Lipinski definition) is 2. The molecule has 0 spiro atoms. The minimum Gasteiger partial charge on any atom is -0.454 e. The van der Waals surface area contributed by atoms with Crippen molar-refractivity contribution in [3.63, 3.8) is 0 Å². The van der Waals surface area contributed by atoms with Crippen LogP contribution in [0.15, 0.2) is 23.2 Å². The van der Waals surface area contributed by atoms with E-state index in [1.54, 1.807) is 0 Å². The summed E-state index contributed by atoms with van der Waals surface area (Å²) in [5.74, 6) is 3.18. The Hall–Kier alpha value is -1.22. The van der Waals surface area contributed by atoms with Gasteiger partial charge in [-0.3, -0.25) is 4.90 Å². The fraction of sp³-hybridized carbons (Fsp3) is 0.632. The van der Waals surface area contributed by atoms with Crippen molar-refractivity contribution < 1.29 is 9.47 Å². The van der Waals surface area contributed by atoms with Crippen LogP contribution in [0.2, 0.25) is 0 Å². The van der Waals surface area contributed by atoms with E-state index in [-0.39, 0.29) is 24.0 Å². The molecule has 1 aromatic carbocycles. The lowest BCUT2D eigenvalue weighted by molar-refractivity contribution is 0.174. The topological polar surface area (TPSA) is 58.1 Å². The van der Waals surface area contributed by atoms with Gasteiger partial charge in [-0.2, -0.15) is 0 Å². The molecule has 1 aromatic rings. The highest BCUT2D eigenvalue weighted by molar-refractivity contribution is 14.0. The van der Waals surface area contributed by atoms with Crippen LogP contribution in [0.4, 0.5) is 0 Å². The molecular weight excluding hydrogens is 443 g/mol. The Balaban J connectivity index is 0.00000196. The maximum absolute atomic E-state index is 5.45. The average Bonchev–Trinajstić information content (AvgIpc) is 3.25. The quantitative estimate of drug-likeness (QED) is 0.392. The van der Waals surface area contributed by atoms with E-state index in [4.69, 9.17) is 14.5 Å². The number of nitrogens with zero attached hydrogens (tertiary/aromatic N) is 2. The van der Waals surface area contributed by atoms with Gasteiger partial charge in [-0.25, -0.2) is 4.99 Å². The van der Waals surface area contributed by atoms with Gasteiger partial charge in [-0.15, -0.1) is 24.0 Å². The molecule has 0 amide bonds. The van der Waals surface area contributed by atoms with Gasteiger partial charge in [0.15, 0.2) is 17.5 Å². The third-order valence-electron chi connectivity index (χ3n) is 5.23. The first kappa shape index (κ1) is 19.5. The molecule has 144 valence electrons. The van der Waals surface area contributed by atoms with Crippen molar-refractivity contribution in [1.29, 1.82) is 0 Å². The zero-order valence-electron chi connectivity index (χ0n) is 15.5. The average molecular weight is 472 g/mol. The van der Waals surface area contributed by atoms with Crippen molar-refractivity contribution in [2.45, 2.75) is 45.3 Å². The Labute approximate surface area is 172 Å². The van der Waals surface area contributed by atoms with E-state index in [9.17, 15) is 0 Å². The molecule has 1 saturated heterocycles. The first-order valence-corrected chi connectivity index (χ1v) is 9.40. The Bertz CT molecular complexity index is 650. The number of likely N-dealkylation sites (tertiary alicyclic amines) is 1. The molecule has 3 aliphatic rings. The van der Waals surface area contributed by atoms with Crippen molar-refractivity contribution in [1.82, 2.24) is 15.5 Å². The van der Waals surface area contributed by atoms with E-state index < -0.39 is 0 Å². The second-order valence-electron chi connectivity index (χ2n) is 7.30. The molecule has 0 aromatic heterocycles. The molecule has 6 nitrogen and oxygen atoms in total. The van der Waals surface area contributed by atoms with Crippen LogP contribution in [0.1, 0.15) is 32.3 Å². The van der Waals surface area contributed by atoms with Crippen LogP contribution in [-0.2, 0) is 6.54 Å². The van der Waals surface area contributed by atoms with Gasteiger partial charge in [0.2, 0.25) is 6.79 Å². The first-order chi connectivity index (χ1) is 12.2. The van der Waals surface area contributed by atoms with Crippen LogP contribution in [0, 0.1) is 5.92 Å². The molecule has 2 unspecified atom stereocenters. The number of guanidine groups is 1. The summed E-state index contributed by atoms with van der Waals surface area (Å²) >= 11 is 0. The minimum atomic E-state index is 0. The second-order valence-corrected chi connectivity index (χ2v) is 7.30. The zero-order valence-corrected chi connectivity index (χ0v) is 17.9. The third-order valence-corrected chi connectivity index (χ3v) is 5.23. The Morgan fingerprint density at radius 1 is 1.23 bits per heavy atom.